The maximum Gasteiger partial charge on any atom is 0.123 e. The second kappa shape index (κ2) is 5.32. The zero-order valence-corrected chi connectivity index (χ0v) is 8.70. The fourth-order valence-corrected chi connectivity index (χ4v) is 1.32. The highest BCUT2D eigenvalue weighted by Crippen LogP contribution is 2.15. The van der Waals surface area contributed by atoms with Gasteiger partial charge in [0.15, 0.2) is 0 Å². The van der Waals surface area contributed by atoms with E-state index in [-0.39, 0.29) is 5.82 Å². The zero-order chi connectivity index (χ0) is 11.3. The van der Waals surface area contributed by atoms with Crippen LogP contribution in [0.15, 0.2) is 18.2 Å². The van der Waals surface area contributed by atoms with Crippen molar-refractivity contribution in [1.29, 1.82) is 5.26 Å². The van der Waals surface area contributed by atoms with Crippen molar-refractivity contribution in [1.82, 2.24) is 4.90 Å². The predicted molar refractivity (Wildman–Crippen MR) is 57.4 cm³/mol. The summed E-state index contributed by atoms with van der Waals surface area (Å²) in [5.74, 6) is -0.284. The number of nitriles is 1. The first-order chi connectivity index (χ1) is 7.13. The Balaban J connectivity index is 2.64. The summed E-state index contributed by atoms with van der Waals surface area (Å²) >= 11 is 0. The van der Waals surface area contributed by atoms with Crippen LogP contribution in [0.25, 0.3) is 0 Å². The molecule has 1 aromatic carbocycles. The first kappa shape index (κ1) is 11.5. The minimum Gasteiger partial charge on any atom is -0.398 e. The average molecular weight is 207 g/mol. The van der Waals surface area contributed by atoms with Gasteiger partial charge in [0.1, 0.15) is 5.82 Å². The second-order valence-corrected chi connectivity index (χ2v) is 3.49. The molecule has 2 N–H and O–H groups in total. The van der Waals surface area contributed by atoms with E-state index in [2.05, 4.69) is 6.07 Å². The van der Waals surface area contributed by atoms with Crippen LogP contribution in [0.1, 0.15) is 12.0 Å². The van der Waals surface area contributed by atoms with E-state index in [9.17, 15) is 4.39 Å². The number of hydrogen-bond donors (Lipinski definition) is 1. The van der Waals surface area contributed by atoms with Crippen molar-refractivity contribution in [3.05, 3.63) is 29.6 Å². The zero-order valence-electron chi connectivity index (χ0n) is 8.70. The quantitative estimate of drug-likeness (QED) is 0.765. The number of halogens is 1. The van der Waals surface area contributed by atoms with Crippen LogP contribution in [0, 0.1) is 17.1 Å². The standard InChI is InChI=1S/C11H14FN3/c1-15(6-2-5-13)8-9-7-10(12)3-4-11(9)14/h3-4,7H,2,6,8,14H2,1H3. The van der Waals surface area contributed by atoms with E-state index in [1.807, 2.05) is 11.9 Å². The van der Waals surface area contributed by atoms with Crippen molar-refractivity contribution in [3.63, 3.8) is 0 Å². The molecule has 0 aliphatic rings. The third kappa shape index (κ3) is 3.56. The van der Waals surface area contributed by atoms with Crippen molar-refractivity contribution in [3.8, 4) is 6.07 Å². The van der Waals surface area contributed by atoms with Crippen molar-refractivity contribution in [2.45, 2.75) is 13.0 Å². The van der Waals surface area contributed by atoms with Gasteiger partial charge in [-0.2, -0.15) is 5.26 Å². The molecule has 1 aromatic rings. The van der Waals surface area contributed by atoms with Crippen LogP contribution in [0.3, 0.4) is 0 Å². The summed E-state index contributed by atoms with van der Waals surface area (Å²) in [6.45, 7) is 1.22. The van der Waals surface area contributed by atoms with Crippen LogP contribution in [-0.2, 0) is 6.54 Å². The molecule has 0 amide bonds. The number of anilines is 1. The maximum absolute atomic E-state index is 12.9. The minimum atomic E-state index is -0.284. The summed E-state index contributed by atoms with van der Waals surface area (Å²) in [6.07, 6.45) is 0.464. The lowest BCUT2D eigenvalue weighted by atomic mass is 10.1. The molecule has 0 saturated heterocycles. The Bertz CT molecular complexity index is 371. The Morgan fingerprint density at radius 3 is 2.93 bits per heavy atom. The molecule has 0 radical (unpaired) electrons. The molecule has 0 aliphatic heterocycles. The van der Waals surface area contributed by atoms with Crippen LogP contribution < -0.4 is 5.73 Å². The highest BCUT2D eigenvalue weighted by Gasteiger charge is 2.04. The Hall–Kier alpha value is -1.60. The molecule has 0 fully saturated rings. The van der Waals surface area contributed by atoms with E-state index in [1.165, 1.54) is 12.1 Å². The van der Waals surface area contributed by atoms with Crippen LogP contribution >= 0.6 is 0 Å². The van der Waals surface area contributed by atoms with Crippen LogP contribution in [0.5, 0.6) is 0 Å². The molecule has 0 heterocycles. The van der Waals surface area contributed by atoms with Crippen molar-refractivity contribution < 1.29 is 4.39 Å². The molecule has 0 spiro atoms. The fourth-order valence-electron chi connectivity index (χ4n) is 1.32. The van der Waals surface area contributed by atoms with E-state index in [4.69, 9.17) is 11.0 Å². The molecule has 15 heavy (non-hydrogen) atoms. The molecule has 4 heteroatoms. The fraction of sp³-hybridized carbons (Fsp3) is 0.364. The number of rotatable bonds is 4. The highest BCUT2D eigenvalue weighted by molar-refractivity contribution is 5.46. The number of nitrogen functional groups attached to an aromatic ring is 1. The van der Waals surface area contributed by atoms with Crippen molar-refractivity contribution in [2.75, 3.05) is 19.3 Å². The summed E-state index contributed by atoms with van der Waals surface area (Å²) in [4.78, 5) is 1.94. The Morgan fingerprint density at radius 2 is 2.27 bits per heavy atom. The number of hydrogen-bond acceptors (Lipinski definition) is 3. The van der Waals surface area contributed by atoms with Crippen molar-refractivity contribution >= 4 is 5.69 Å². The van der Waals surface area contributed by atoms with Gasteiger partial charge < -0.3 is 10.6 Å². The van der Waals surface area contributed by atoms with Gasteiger partial charge in [0.05, 0.1) is 6.07 Å². The average Bonchev–Trinajstić information content (AvgIpc) is 2.20. The van der Waals surface area contributed by atoms with Gasteiger partial charge in [-0.1, -0.05) is 0 Å². The topological polar surface area (TPSA) is 53.0 Å². The van der Waals surface area contributed by atoms with Gasteiger partial charge in [-0.3, -0.25) is 0 Å². The maximum atomic E-state index is 12.9. The SMILES string of the molecule is CN(CCC#N)Cc1cc(F)ccc1N. The van der Waals surface area contributed by atoms with E-state index in [1.54, 1.807) is 6.07 Å². The number of nitrogens with two attached hydrogens (primary N) is 1. The van der Waals surface area contributed by atoms with E-state index < -0.39 is 0 Å². The van der Waals surface area contributed by atoms with Gasteiger partial charge in [-0.15, -0.1) is 0 Å². The second-order valence-electron chi connectivity index (χ2n) is 3.49. The molecule has 0 aromatic heterocycles. The molecule has 1 rings (SSSR count). The predicted octanol–water partition coefficient (Wildman–Crippen LogP) is 1.75. The van der Waals surface area contributed by atoms with Gasteiger partial charge >= 0.3 is 0 Å². The summed E-state index contributed by atoms with van der Waals surface area (Å²) < 4.78 is 12.9. The Labute approximate surface area is 88.9 Å². The monoisotopic (exact) mass is 207 g/mol. The van der Waals surface area contributed by atoms with E-state index in [0.717, 1.165) is 5.56 Å². The molecular weight excluding hydrogens is 193 g/mol. The third-order valence-electron chi connectivity index (χ3n) is 2.15. The lowest BCUT2D eigenvalue weighted by molar-refractivity contribution is 0.335. The molecular formula is C11H14FN3. The third-order valence-corrected chi connectivity index (χ3v) is 2.15. The van der Waals surface area contributed by atoms with E-state index in [0.29, 0.717) is 25.2 Å². The lowest BCUT2D eigenvalue weighted by Crippen LogP contribution is -2.19. The summed E-state index contributed by atoms with van der Waals surface area (Å²) in [5.41, 5.74) is 7.05. The van der Waals surface area contributed by atoms with E-state index >= 15 is 0 Å². The van der Waals surface area contributed by atoms with Gasteiger partial charge in [0, 0.05) is 25.2 Å². The van der Waals surface area contributed by atoms with Crippen LogP contribution in [-0.4, -0.2) is 18.5 Å². The number of nitrogens with zero attached hydrogens (tertiary/aromatic N) is 2. The van der Waals surface area contributed by atoms with Crippen molar-refractivity contribution in [2.24, 2.45) is 0 Å². The molecule has 0 saturated carbocycles. The molecule has 0 unspecified atom stereocenters. The van der Waals surface area contributed by atoms with Crippen LogP contribution in [0.2, 0.25) is 0 Å². The lowest BCUT2D eigenvalue weighted by Gasteiger charge is -2.16. The summed E-state index contributed by atoms with van der Waals surface area (Å²) in [5, 5.41) is 8.42. The molecule has 0 bridgehead atoms. The first-order valence-corrected chi connectivity index (χ1v) is 4.73. The summed E-state index contributed by atoms with van der Waals surface area (Å²) in [7, 11) is 1.88. The van der Waals surface area contributed by atoms with Crippen LogP contribution in [0.4, 0.5) is 10.1 Å². The Morgan fingerprint density at radius 1 is 1.53 bits per heavy atom. The highest BCUT2D eigenvalue weighted by atomic mass is 19.1. The van der Waals surface area contributed by atoms with Gasteiger partial charge in [0.2, 0.25) is 0 Å². The smallest absolute Gasteiger partial charge is 0.123 e. The molecule has 0 atom stereocenters. The van der Waals surface area contributed by atoms with Gasteiger partial charge in [0.25, 0.3) is 0 Å². The molecule has 3 nitrogen and oxygen atoms in total. The number of benzene rings is 1. The Kier molecular flexibility index (Phi) is 4.07. The normalized spacial score (nSPS) is 10.3. The van der Waals surface area contributed by atoms with Gasteiger partial charge in [-0.05, 0) is 30.8 Å². The minimum absolute atomic E-state index is 0.284. The largest absolute Gasteiger partial charge is 0.398 e. The first-order valence-electron chi connectivity index (χ1n) is 4.73. The summed E-state index contributed by atoms with van der Waals surface area (Å²) in [6, 6.07) is 6.39. The van der Waals surface area contributed by atoms with Gasteiger partial charge in [-0.25, -0.2) is 4.39 Å². The molecule has 0 aliphatic carbocycles. The molecule has 80 valence electrons.